The fourth-order valence-electron chi connectivity index (χ4n) is 1.59. The zero-order chi connectivity index (χ0) is 12.3. The van der Waals surface area contributed by atoms with E-state index in [1.54, 1.807) is 24.3 Å². The number of carbonyl (C=O) groups is 2. The van der Waals surface area contributed by atoms with Crippen molar-refractivity contribution in [2.24, 2.45) is 0 Å². The minimum Gasteiger partial charge on any atom is -0.354 e. The number of urea groups is 1. The highest BCUT2D eigenvalue weighted by atomic mass is 35.5. The van der Waals surface area contributed by atoms with Crippen molar-refractivity contribution in [3.63, 3.8) is 0 Å². The summed E-state index contributed by atoms with van der Waals surface area (Å²) in [4.78, 5) is 22.8. The summed E-state index contributed by atoms with van der Waals surface area (Å²) in [6, 6.07) is 5.91. The zero-order valence-corrected chi connectivity index (χ0v) is 9.75. The molecule has 1 aliphatic rings. The van der Waals surface area contributed by atoms with Gasteiger partial charge in [-0.05, 0) is 30.7 Å². The molecule has 0 aliphatic carbocycles. The molecule has 0 spiro atoms. The van der Waals surface area contributed by atoms with E-state index in [-0.39, 0.29) is 5.91 Å². The summed E-state index contributed by atoms with van der Waals surface area (Å²) in [7, 11) is 0. The maximum absolute atomic E-state index is 11.6. The molecule has 1 unspecified atom stereocenters. The molecule has 1 aromatic rings. The molecule has 1 aliphatic heterocycles. The average molecular weight is 254 g/mol. The molecular formula is C11H12ClN3O2. The van der Waals surface area contributed by atoms with Gasteiger partial charge >= 0.3 is 6.03 Å². The zero-order valence-electron chi connectivity index (χ0n) is 9.00. The maximum atomic E-state index is 11.6. The van der Waals surface area contributed by atoms with Gasteiger partial charge < -0.3 is 16.0 Å². The molecule has 1 aromatic carbocycles. The third-order valence-corrected chi connectivity index (χ3v) is 2.71. The summed E-state index contributed by atoms with van der Waals surface area (Å²) in [5.41, 5.74) is 0.630. The molecule has 1 atom stereocenters. The molecule has 1 fully saturated rings. The van der Waals surface area contributed by atoms with Crippen molar-refractivity contribution in [1.29, 1.82) is 0 Å². The van der Waals surface area contributed by atoms with Gasteiger partial charge in [0.05, 0.1) is 0 Å². The van der Waals surface area contributed by atoms with Crippen LogP contribution in [0.1, 0.15) is 6.42 Å². The lowest BCUT2D eigenvalue weighted by molar-refractivity contribution is -0.120. The molecule has 17 heavy (non-hydrogen) atoms. The summed E-state index contributed by atoms with van der Waals surface area (Å²) in [5.74, 6) is -0.142. The number of halogens is 1. The molecular weight excluding hydrogens is 242 g/mol. The first-order chi connectivity index (χ1) is 8.15. The van der Waals surface area contributed by atoms with E-state index in [2.05, 4.69) is 16.0 Å². The Kier molecular flexibility index (Phi) is 3.49. The van der Waals surface area contributed by atoms with Gasteiger partial charge in [0.1, 0.15) is 6.04 Å². The van der Waals surface area contributed by atoms with E-state index in [0.29, 0.717) is 23.7 Å². The summed E-state index contributed by atoms with van der Waals surface area (Å²) in [6.45, 7) is 0.602. The number of benzene rings is 1. The van der Waals surface area contributed by atoms with Gasteiger partial charge in [-0.1, -0.05) is 11.6 Å². The largest absolute Gasteiger partial charge is 0.354 e. The molecule has 3 N–H and O–H groups in total. The van der Waals surface area contributed by atoms with E-state index in [0.717, 1.165) is 0 Å². The van der Waals surface area contributed by atoms with Gasteiger partial charge in [-0.3, -0.25) is 4.79 Å². The minimum absolute atomic E-state index is 0.142. The van der Waals surface area contributed by atoms with Gasteiger partial charge in [0.15, 0.2) is 0 Å². The molecule has 0 bridgehead atoms. The number of carbonyl (C=O) groups excluding carboxylic acids is 2. The number of rotatable bonds is 2. The molecule has 1 saturated heterocycles. The summed E-state index contributed by atoms with van der Waals surface area (Å²) in [5, 5.41) is 8.47. The van der Waals surface area contributed by atoms with Crippen molar-refractivity contribution in [2.75, 3.05) is 11.9 Å². The van der Waals surface area contributed by atoms with Crippen LogP contribution in [-0.2, 0) is 4.79 Å². The van der Waals surface area contributed by atoms with Crippen LogP contribution in [0.5, 0.6) is 0 Å². The SMILES string of the molecule is O=C(Nc1ccc(Cl)cc1)NC1CCNC1=O. The predicted molar refractivity (Wildman–Crippen MR) is 65.0 cm³/mol. The second-order valence-electron chi connectivity index (χ2n) is 3.74. The van der Waals surface area contributed by atoms with Crippen molar-refractivity contribution >= 4 is 29.2 Å². The van der Waals surface area contributed by atoms with Crippen LogP contribution in [0, 0.1) is 0 Å². The number of hydrogen-bond acceptors (Lipinski definition) is 2. The quantitative estimate of drug-likeness (QED) is 0.745. The van der Waals surface area contributed by atoms with E-state index >= 15 is 0 Å². The van der Waals surface area contributed by atoms with E-state index in [1.807, 2.05) is 0 Å². The molecule has 1 heterocycles. The third-order valence-electron chi connectivity index (χ3n) is 2.46. The van der Waals surface area contributed by atoms with Gasteiger partial charge in [-0.15, -0.1) is 0 Å². The number of hydrogen-bond donors (Lipinski definition) is 3. The Hall–Kier alpha value is -1.75. The van der Waals surface area contributed by atoms with Crippen LogP contribution in [0.25, 0.3) is 0 Å². The maximum Gasteiger partial charge on any atom is 0.319 e. The summed E-state index contributed by atoms with van der Waals surface area (Å²) < 4.78 is 0. The van der Waals surface area contributed by atoms with Gasteiger partial charge in [-0.25, -0.2) is 4.79 Å². The Bertz CT molecular complexity index is 433. The van der Waals surface area contributed by atoms with Crippen molar-refractivity contribution in [1.82, 2.24) is 10.6 Å². The van der Waals surface area contributed by atoms with Gasteiger partial charge in [0.2, 0.25) is 5.91 Å². The lowest BCUT2D eigenvalue weighted by atomic mass is 10.2. The van der Waals surface area contributed by atoms with Crippen molar-refractivity contribution in [3.05, 3.63) is 29.3 Å². The fraction of sp³-hybridized carbons (Fsp3) is 0.273. The lowest BCUT2D eigenvalue weighted by Gasteiger charge is -2.11. The van der Waals surface area contributed by atoms with Crippen LogP contribution in [-0.4, -0.2) is 24.5 Å². The molecule has 3 amide bonds. The van der Waals surface area contributed by atoms with Gasteiger partial charge in [-0.2, -0.15) is 0 Å². The van der Waals surface area contributed by atoms with Gasteiger partial charge in [0.25, 0.3) is 0 Å². The van der Waals surface area contributed by atoms with E-state index in [1.165, 1.54) is 0 Å². The molecule has 2 rings (SSSR count). The molecule has 0 saturated carbocycles. The Morgan fingerprint density at radius 1 is 1.35 bits per heavy atom. The monoisotopic (exact) mass is 253 g/mol. The van der Waals surface area contributed by atoms with E-state index < -0.39 is 12.1 Å². The number of amides is 3. The second kappa shape index (κ2) is 5.05. The fourth-order valence-corrected chi connectivity index (χ4v) is 1.72. The van der Waals surface area contributed by atoms with Crippen LogP contribution in [0.15, 0.2) is 24.3 Å². The summed E-state index contributed by atoms with van der Waals surface area (Å²) in [6.07, 6.45) is 0.618. The molecule has 6 heteroatoms. The first-order valence-corrected chi connectivity index (χ1v) is 5.64. The highest BCUT2D eigenvalue weighted by Crippen LogP contribution is 2.13. The van der Waals surface area contributed by atoms with Crippen LogP contribution >= 0.6 is 11.6 Å². The third kappa shape index (κ3) is 3.10. The van der Waals surface area contributed by atoms with Crippen LogP contribution in [0.3, 0.4) is 0 Å². The molecule has 5 nitrogen and oxygen atoms in total. The highest BCUT2D eigenvalue weighted by Gasteiger charge is 2.25. The first-order valence-electron chi connectivity index (χ1n) is 5.26. The van der Waals surface area contributed by atoms with Crippen molar-refractivity contribution < 1.29 is 9.59 Å². The Morgan fingerprint density at radius 3 is 2.65 bits per heavy atom. The normalized spacial score (nSPS) is 18.6. The molecule has 90 valence electrons. The number of anilines is 1. The first kappa shape index (κ1) is 11.7. The molecule has 0 radical (unpaired) electrons. The highest BCUT2D eigenvalue weighted by molar-refractivity contribution is 6.30. The number of nitrogens with one attached hydrogen (secondary N) is 3. The second-order valence-corrected chi connectivity index (χ2v) is 4.17. The van der Waals surface area contributed by atoms with E-state index in [4.69, 9.17) is 11.6 Å². The Balaban J connectivity index is 1.88. The van der Waals surface area contributed by atoms with Crippen molar-refractivity contribution in [2.45, 2.75) is 12.5 Å². The minimum atomic E-state index is -0.442. The van der Waals surface area contributed by atoms with Gasteiger partial charge in [0, 0.05) is 17.3 Å². The topological polar surface area (TPSA) is 70.2 Å². The molecule has 0 aromatic heterocycles. The Morgan fingerprint density at radius 2 is 2.06 bits per heavy atom. The van der Waals surface area contributed by atoms with Crippen LogP contribution in [0.4, 0.5) is 10.5 Å². The standard InChI is InChI=1S/C11H12ClN3O2/c12-7-1-3-8(4-2-7)14-11(17)15-9-5-6-13-10(9)16/h1-4,9H,5-6H2,(H,13,16)(H2,14,15,17). The van der Waals surface area contributed by atoms with E-state index in [9.17, 15) is 9.59 Å². The van der Waals surface area contributed by atoms with Crippen molar-refractivity contribution in [3.8, 4) is 0 Å². The van der Waals surface area contributed by atoms with Crippen LogP contribution < -0.4 is 16.0 Å². The predicted octanol–water partition coefficient (Wildman–Crippen LogP) is 1.35. The smallest absolute Gasteiger partial charge is 0.319 e. The summed E-state index contributed by atoms with van der Waals surface area (Å²) >= 11 is 5.72. The average Bonchev–Trinajstić information content (AvgIpc) is 2.68. The van der Waals surface area contributed by atoms with Crippen LogP contribution in [0.2, 0.25) is 5.02 Å². The lowest BCUT2D eigenvalue weighted by Crippen LogP contribution is -2.42. The Labute approximate surface area is 104 Å².